The van der Waals surface area contributed by atoms with Crippen molar-refractivity contribution in [3.05, 3.63) is 35.4 Å². The van der Waals surface area contributed by atoms with Crippen molar-refractivity contribution in [3.63, 3.8) is 0 Å². The van der Waals surface area contributed by atoms with E-state index in [1.165, 1.54) is 0 Å². The van der Waals surface area contributed by atoms with Gasteiger partial charge in [0.05, 0.1) is 6.16 Å². The van der Waals surface area contributed by atoms with E-state index in [9.17, 15) is 14.2 Å². The molecule has 0 aliphatic rings. The summed E-state index contributed by atoms with van der Waals surface area (Å²) in [5.41, 5.74) is 0.945. The van der Waals surface area contributed by atoms with Gasteiger partial charge in [0.1, 0.15) is 5.78 Å². The predicted octanol–water partition coefficient (Wildman–Crippen LogP) is 4.48. The first-order valence-electron chi connectivity index (χ1n) is 6.79. The molecule has 0 spiro atoms. The number of Topliss-reactive ketones (excluding diaryl/α,β-unsaturated/α-hetero) is 2. The van der Waals surface area contributed by atoms with E-state index >= 15 is 0 Å². The first-order valence-corrected chi connectivity index (χ1v) is 7.79. The van der Waals surface area contributed by atoms with Crippen LogP contribution in [-0.2, 0) is 9.36 Å². The molecule has 0 aliphatic carbocycles. The van der Waals surface area contributed by atoms with Gasteiger partial charge in [-0.3, -0.25) is 14.2 Å². The van der Waals surface area contributed by atoms with Crippen LogP contribution < -0.4 is 0 Å². The van der Waals surface area contributed by atoms with Crippen molar-refractivity contribution in [1.82, 2.24) is 0 Å². The molecule has 3 nitrogen and oxygen atoms in total. The van der Waals surface area contributed by atoms with E-state index in [1.807, 2.05) is 32.9 Å². The van der Waals surface area contributed by atoms with Gasteiger partial charge in [0.15, 0.2) is 14.2 Å². The zero-order valence-corrected chi connectivity index (χ0v) is 13.8. The molecular weight excluding hydrogens is 271 g/mol. The summed E-state index contributed by atoms with van der Waals surface area (Å²) < 4.78 is 10.4. The van der Waals surface area contributed by atoms with Crippen molar-refractivity contribution in [2.45, 2.75) is 41.0 Å². The molecule has 0 heterocycles. The van der Waals surface area contributed by atoms with Gasteiger partial charge in [0, 0.05) is 17.4 Å². The van der Waals surface area contributed by atoms with Crippen LogP contribution >= 0.6 is 8.46 Å². The van der Waals surface area contributed by atoms with Crippen LogP contribution in [-0.4, -0.2) is 17.7 Å². The first-order chi connectivity index (χ1) is 9.36. The lowest BCUT2D eigenvalue weighted by atomic mass is 9.80. The number of benzene rings is 1. The molecular formula is C16H23O3P. The van der Waals surface area contributed by atoms with E-state index in [2.05, 4.69) is 0 Å². The SMILES string of the molecule is CC.Cc1ccc(C(=O)C(C)(C)CC(=O)CP=O)cc1. The lowest BCUT2D eigenvalue weighted by Crippen LogP contribution is -2.28. The van der Waals surface area contributed by atoms with E-state index < -0.39 is 5.41 Å². The molecule has 20 heavy (non-hydrogen) atoms. The van der Waals surface area contributed by atoms with Gasteiger partial charge in [-0.2, -0.15) is 0 Å². The number of rotatable bonds is 6. The monoisotopic (exact) mass is 294 g/mol. The Balaban J connectivity index is 0.00000172. The lowest BCUT2D eigenvalue weighted by molar-refractivity contribution is -0.118. The van der Waals surface area contributed by atoms with Crippen molar-refractivity contribution in [1.29, 1.82) is 0 Å². The Labute approximate surface area is 123 Å². The number of aryl methyl sites for hydroxylation is 1. The second-order valence-corrected chi connectivity index (χ2v) is 5.66. The summed E-state index contributed by atoms with van der Waals surface area (Å²) in [5.74, 6) is -0.212. The molecule has 1 aromatic rings. The molecule has 0 N–H and O–H groups in total. The third kappa shape index (κ3) is 5.75. The van der Waals surface area contributed by atoms with Gasteiger partial charge >= 0.3 is 0 Å². The molecule has 4 heteroatoms. The van der Waals surface area contributed by atoms with Crippen LogP contribution in [0.15, 0.2) is 24.3 Å². The Hall–Kier alpha value is -1.34. The van der Waals surface area contributed by atoms with Crippen molar-refractivity contribution in [3.8, 4) is 0 Å². The van der Waals surface area contributed by atoms with Crippen molar-refractivity contribution in [2.24, 2.45) is 5.41 Å². The Morgan fingerprint density at radius 1 is 1.10 bits per heavy atom. The van der Waals surface area contributed by atoms with Gasteiger partial charge in [0.25, 0.3) is 0 Å². The summed E-state index contributed by atoms with van der Waals surface area (Å²) in [7, 11) is -0.190. The van der Waals surface area contributed by atoms with Gasteiger partial charge in [-0.05, 0) is 6.92 Å². The van der Waals surface area contributed by atoms with Crippen LogP contribution in [0, 0.1) is 12.3 Å². The van der Waals surface area contributed by atoms with Crippen LogP contribution in [0.4, 0.5) is 0 Å². The number of ketones is 2. The fourth-order valence-corrected chi connectivity index (χ4v) is 2.05. The van der Waals surface area contributed by atoms with Crippen molar-refractivity contribution < 1.29 is 14.2 Å². The number of carbonyl (C=O) groups excluding carboxylic acids is 2. The van der Waals surface area contributed by atoms with Gasteiger partial charge in [-0.15, -0.1) is 0 Å². The maximum absolute atomic E-state index is 12.3. The third-order valence-corrected chi connectivity index (χ3v) is 3.29. The zero-order chi connectivity index (χ0) is 15.8. The highest BCUT2D eigenvalue weighted by molar-refractivity contribution is 7.25. The van der Waals surface area contributed by atoms with E-state index in [-0.39, 0.29) is 32.6 Å². The van der Waals surface area contributed by atoms with Crippen LogP contribution in [0.5, 0.6) is 0 Å². The lowest BCUT2D eigenvalue weighted by Gasteiger charge is -2.21. The maximum atomic E-state index is 12.3. The second-order valence-electron chi connectivity index (χ2n) is 5.08. The molecule has 0 saturated heterocycles. The minimum Gasteiger partial charge on any atom is -0.299 e. The summed E-state index contributed by atoms with van der Waals surface area (Å²) in [6.45, 7) is 9.44. The number of hydrogen-bond acceptors (Lipinski definition) is 3. The van der Waals surface area contributed by atoms with Crippen LogP contribution in [0.3, 0.4) is 0 Å². The molecule has 0 unspecified atom stereocenters. The summed E-state index contributed by atoms with van der Waals surface area (Å²) in [4.78, 5) is 23.8. The van der Waals surface area contributed by atoms with Crippen molar-refractivity contribution in [2.75, 3.05) is 6.16 Å². The van der Waals surface area contributed by atoms with Crippen LogP contribution in [0.2, 0.25) is 0 Å². The van der Waals surface area contributed by atoms with Gasteiger partial charge < -0.3 is 0 Å². The molecule has 0 aliphatic heterocycles. The molecule has 0 amide bonds. The molecule has 0 atom stereocenters. The van der Waals surface area contributed by atoms with E-state index in [1.54, 1.807) is 26.0 Å². The zero-order valence-electron chi connectivity index (χ0n) is 12.9. The Kier molecular flexibility index (Phi) is 8.17. The smallest absolute Gasteiger partial charge is 0.168 e. The van der Waals surface area contributed by atoms with Crippen molar-refractivity contribution >= 4 is 20.0 Å². The molecule has 1 aromatic carbocycles. The molecule has 110 valence electrons. The standard InChI is InChI=1S/C14H17O3P.C2H6/c1-10-4-6-11(7-5-10)13(16)14(2,3)8-12(15)9-18-17;1-2/h4-7H,8-9H2,1-3H3;1-2H3. The molecule has 1 rings (SSSR count). The van der Waals surface area contributed by atoms with E-state index in [4.69, 9.17) is 0 Å². The second kappa shape index (κ2) is 8.76. The Morgan fingerprint density at radius 3 is 2.05 bits per heavy atom. The number of carbonyl (C=O) groups is 2. The molecule has 0 fully saturated rings. The minimum atomic E-state index is -0.753. The Bertz CT molecular complexity index is 461. The van der Waals surface area contributed by atoms with Gasteiger partial charge in [-0.25, -0.2) is 0 Å². The highest BCUT2D eigenvalue weighted by Gasteiger charge is 2.30. The minimum absolute atomic E-state index is 0.0232. The van der Waals surface area contributed by atoms with Crippen LogP contribution in [0.25, 0.3) is 0 Å². The largest absolute Gasteiger partial charge is 0.299 e. The summed E-state index contributed by atoms with van der Waals surface area (Å²) in [6, 6.07) is 7.30. The van der Waals surface area contributed by atoms with Gasteiger partial charge in [-0.1, -0.05) is 57.5 Å². The summed E-state index contributed by atoms with van der Waals surface area (Å²) in [6.07, 6.45) is 0.0968. The molecule has 0 bridgehead atoms. The Morgan fingerprint density at radius 2 is 1.60 bits per heavy atom. The fourth-order valence-electron chi connectivity index (χ4n) is 1.80. The quantitative estimate of drug-likeness (QED) is 0.574. The fraction of sp³-hybridized carbons (Fsp3) is 0.500. The molecule has 0 aromatic heterocycles. The average molecular weight is 294 g/mol. The van der Waals surface area contributed by atoms with Crippen LogP contribution in [0.1, 0.15) is 50.0 Å². The normalized spacial score (nSPS) is 10.7. The summed E-state index contributed by atoms with van der Waals surface area (Å²) in [5, 5.41) is 0. The number of hydrogen-bond donors (Lipinski definition) is 0. The van der Waals surface area contributed by atoms with E-state index in [0.29, 0.717) is 5.56 Å². The van der Waals surface area contributed by atoms with E-state index in [0.717, 1.165) is 5.56 Å². The topological polar surface area (TPSA) is 51.2 Å². The predicted molar refractivity (Wildman–Crippen MR) is 82.7 cm³/mol. The highest BCUT2D eigenvalue weighted by atomic mass is 31.1. The summed E-state index contributed by atoms with van der Waals surface area (Å²) >= 11 is 0. The third-order valence-electron chi connectivity index (χ3n) is 2.81. The first kappa shape index (κ1) is 18.7. The van der Waals surface area contributed by atoms with Gasteiger partial charge in [0.2, 0.25) is 0 Å². The molecule has 0 radical (unpaired) electrons. The maximum Gasteiger partial charge on any atom is 0.168 e. The molecule has 0 saturated carbocycles. The highest BCUT2D eigenvalue weighted by Crippen LogP contribution is 2.27. The average Bonchev–Trinajstić information content (AvgIpc) is 2.40.